The lowest BCUT2D eigenvalue weighted by Gasteiger charge is -2.39. The Hall–Kier alpha value is -1.22. The minimum atomic E-state index is -1.45. The van der Waals surface area contributed by atoms with Gasteiger partial charge in [0.15, 0.2) is 6.29 Å². The largest absolute Gasteiger partial charge is 0.508 e. The van der Waals surface area contributed by atoms with Crippen LogP contribution in [-0.4, -0.2) is 69.5 Å². The molecule has 1 aliphatic heterocycles. The highest BCUT2D eigenvalue weighted by molar-refractivity contribution is 5.31. The van der Waals surface area contributed by atoms with Gasteiger partial charge in [0.05, 0.1) is 13.2 Å². The van der Waals surface area contributed by atoms with Crippen LogP contribution in [-0.2, 0) is 15.9 Å². The Kier molecular flexibility index (Phi) is 5.51. The van der Waals surface area contributed by atoms with E-state index in [0.29, 0.717) is 12.0 Å². The molecule has 0 radical (unpaired) electrons. The fourth-order valence-corrected chi connectivity index (χ4v) is 2.21. The third kappa shape index (κ3) is 3.70. The first-order chi connectivity index (χ1) is 10.0. The predicted octanol–water partition coefficient (Wildman–Crippen LogP) is -1.25. The van der Waals surface area contributed by atoms with Crippen molar-refractivity contribution in [3.05, 3.63) is 29.8 Å². The van der Waals surface area contributed by atoms with E-state index in [2.05, 4.69) is 0 Å². The van der Waals surface area contributed by atoms with Crippen molar-refractivity contribution in [1.82, 2.24) is 0 Å². The molecule has 1 heterocycles. The van der Waals surface area contributed by atoms with Crippen LogP contribution in [0.3, 0.4) is 0 Å². The Morgan fingerprint density at radius 1 is 1.05 bits per heavy atom. The third-order valence-electron chi connectivity index (χ3n) is 3.49. The summed E-state index contributed by atoms with van der Waals surface area (Å²) in [5.41, 5.74) is 0.682. The van der Waals surface area contributed by atoms with Gasteiger partial charge in [-0.25, -0.2) is 0 Å². The molecule has 1 fully saturated rings. The number of hydrogen-bond acceptors (Lipinski definition) is 7. The number of ether oxygens (including phenoxy) is 2. The molecule has 0 spiro atoms. The lowest BCUT2D eigenvalue weighted by Crippen LogP contribution is -2.59. The van der Waals surface area contributed by atoms with Crippen molar-refractivity contribution in [2.24, 2.45) is 0 Å². The smallest absolute Gasteiger partial charge is 0.186 e. The summed E-state index contributed by atoms with van der Waals surface area (Å²) >= 11 is 0. The fraction of sp³-hybridized carbons (Fsp3) is 0.571. The van der Waals surface area contributed by atoms with Crippen LogP contribution in [0.4, 0.5) is 0 Å². The number of phenolic OH excluding ortho intramolecular Hbond substituents is 1. The van der Waals surface area contributed by atoms with E-state index in [9.17, 15) is 20.4 Å². The normalized spacial score (nSPS) is 33.0. The summed E-state index contributed by atoms with van der Waals surface area (Å²) in [5.74, 6) is 0.148. The fourth-order valence-electron chi connectivity index (χ4n) is 2.21. The van der Waals surface area contributed by atoms with Gasteiger partial charge in [-0.15, -0.1) is 0 Å². The number of phenols is 1. The minimum Gasteiger partial charge on any atom is -0.508 e. The maximum atomic E-state index is 9.78. The number of aliphatic hydroxyl groups excluding tert-OH is 4. The molecule has 1 aliphatic rings. The Labute approximate surface area is 122 Å². The number of para-hydroxylation sites is 1. The van der Waals surface area contributed by atoms with Crippen LogP contribution in [0, 0.1) is 0 Å². The SMILES string of the molecule is OC[C@H]1O[C@@H](OCCc2ccccc2O)[C@H](O)[C@@H](O)[C@@H]1O. The van der Waals surface area contributed by atoms with Crippen LogP contribution < -0.4 is 0 Å². The first-order valence-corrected chi connectivity index (χ1v) is 6.73. The molecule has 0 aromatic heterocycles. The van der Waals surface area contributed by atoms with E-state index >= 15 is 0 Å². The molecule has 2 rings (SSSR count). The average molecular weight is 300 g/mol. The lowest BCUT2D eigenvalue weighted by atomic mass is 9.99. The second-order valence-corrected chi connectivity index (χ2v) is 4.95. The Morgan fingerprint density at radius 2 is 1.76 bits per heavy atom. The molecule has 0 unspecified atom stereocenters. The molecule has 1 aromatic carbocycles. The Balaban J connectivity index is 1.89. The predicted molar refractivity (Wildman–Crippen MR) is 71.5 cm³/mol. The van der Waals surface area contributed by atoms with Crippen molar-refractivity contribution < 1.29 is 35.0 Å². The number of hydrogen-bond donors (Lipinski definition) is 5. The van der Waals surface area contributed by atoms with Gasteiger partial charge in [-0.3, -0.25) is 0 Å². The topological polar surface area (TPSA) is 120 Å². The van der Waals surface area contributed by atoms with E-state index in [-0.39, 0.29) is 12.4 Å². The van der Waals surface area contributed by atoms with Crippen LogP contribution in [0.1, 0.15) is 5.56 Å². The summed E-state index contributed by atoms with van der Waals surface area (Å²) < 4.78 is 10.5. The molecule has 21 heavy (non-hydrogen) atoms. The van der Waals surface area contributed by atoms with E-state index < -0.39 is 37.3 Å². The molecule has 118 valence electrons. The monoisotopic (exact) mass is 300 g/mol. The number of benzene rings is 1. The number of rotatable bonds is 5. The van der Waals surface area contributed by atoms with Crippen molar-refractivity contribution in [3.63, 3.8) is 0 Å². The number of aliphatic hydroxyl groups is 4. The Morgan fingerprint density at radius 3 is 2.43 bits per heavy atom. The summed E-state index contributed by atoms with van der Waals surface area (Å²) in [6.07, 6.45) is -6.01. The zero-order valence-corrected chi connectivity index (χ0v) is 11.4. The highest BCUT2D eigenvalue weighted by atomic mass is 16.7. The summed E-state index contributed by atoms with van der Waals surface area (Å²) in [7, 11) is 0. The summed E-state index contributed by atoms with van der Waals surface area (Å²) in [6, 6.07) is 6.79. The minimum absolute atomic E-state index is 0.139. The number of aromatic hydroxyl groups is 1. The second kappa shape index (κ2) is 7.17. The van der Waals surface area contributed by atoms with Gasteiger partial charge < -0.3 is 35.0 Å². The van der Waals surface area contributed by atoms with E-state index in [1.807, 2.05) is 0 Å². The van der Waals surface area contributed by atoms with Crippen LogP contribution >= 0.6 is 0 Å². The highest BCUT2D eigenvalue weighted by Crippen LogP contribution is 2.22. The van der Waals surface area contributed by atoms with E-state index in [0.717, 1.165) is 0 Å². The van der Waals surface area contributed by atoms with Crippen molar-refractivity contribution in [2.45, 2.75) is 37.1 Å². The third-order valence-corrected chi connectivity index (χ3v) is 3.49. The summed E-state index contributed by atoms with van der Waals surface area (Å²) in [5, 5.41) is 47.7. The van der Waals surface area contributed by atoms with Crippen LogP contribution in [0.5, 0.6) is 5.75 Å². The lowest BCUT2D eigenvalue weighted by molar-refractivity contribution is -0.300. The quantitative estimate of drug-likeness (QED) is 0.461. The molecule has 5 N–H and O–H groups in total. The first kappa shape index (κ1) is 16.2. The van der Waals surface area contributed by atoms with Gasteiger partial charge in [-0.2, -0.15) is 0 Å². The first-order valence-electron chi connectivity index (χ1n) is 6.73. The molecule has 0 saturated carbocycles. The molecule has 1 aromatic rings. The van der Waals surface area contributed by atoms with Gasteiger partial charge in [0, 0.05) is 0 Å². The molecule has 7 nitrogen and oxygen atoms in total. The molecular formula is C14H20O7. The van der Waals surface area contributed by atoms with Crippen LogP contribution in [0.15, 0.2) is 24.3 Å². The molecule has 1 saturated heterocycles. The molecular weight excluding hydrogens is 280 g/mol. The molecule has 5 atom stereocenters. The van der Waals surface area contributed by atoms with Crippen LogP contribution in [0.25, 0.3) is 0 Å². The van der Waals surface area contributed by atoms with Gasteiger partial charge in [-0.1, -0.05) is 18.2 Å². The van der Waals surface area contributed by atoms with Gasteiger partial charge >= 0.3 is 0 Å². The van der Waals surface area contributed by atoms with E-state index in [4.69, 9.17) is 14.6 Å². The second-order valence-electron chi connectivity index (χ2n) is 4.95. The molecule has 0 bridgehead atoms. The van der Waals surface area contributed by atoms with Gasteiger partial charge in [-0.05, 0) is 18.1 Å². The van der Waals surface area contributed by atoms with Crippen molar-refractivity contribution >= 4 is 0 Å². The van der Waals surface area contributed by atoms with Crippen LogP contribution in [0.2, 0.25) is 0 Å². The van der Waals surface area contributed by atoms with E-state index in [1.54, 1.807) is 24.3 Å². The van der Waals surface area contributed by atoms with E-state index in [1.165, 1.54) is 0 Å². The zero-order valence-electron chi connectivity index (χ0n) is 11.4. The van der Waals surface area contributed by atoms with Gasteiger partial charge in [0.2, 0.25) is 0 Å². The van der Waals surface area contributed by atoms with Crippen molar-refractivity contribution in [1.29, 1.82) is 0 Å². The molecule has 0 aliphatic carbocycles. The summed E-state index contributed by atoms with van der Waals surface area (Å²) in [6.45, 7) is -0.357. The Bertz CT molecular complexity index is 451. The average Bonchev–Trinajstić information content (AvgIpc) is 2.49. The zero-order chi connectivity index (χ0) is 15.4. The molecule has 0 amide bonds. The summed E-state index contributed by atoms with van der Waals surface area (Å²) in [4.78, 5) is 0. The standard InChI is InChI=1S/C14H20O7/c15-7-10-11(17)12(18)13(19)14(21-10)20-6-5-8-3-1-2-4-9(8)16/h1-4,10-19H,5-7H2/t10-,11-,12+,13-,14-/m1/s1. The van der Waals surface area contributed by atoms with Gasteiger partial charge in [0.25, 0.3) is 0 Å². The maximum Gasteiger partial charge on any atom is 0.186 e. The van der Waals surface area contributed by atoms with Crippen molar-refractivity contribution in [2.75, 3.05) is 13.2 Å². The van der Waals surface area contributed by atoms with Gasteiger partial charge in [0.1, 0.15) is 30.2 Å². The van der Waals surface area contributed by atoms with Crippen molar-refractivity contribution in [3.8, 4) is 5.75 Å². The molecule has 7 heteroatoms. The maximum absolute atomic E-state index is 9.78. The highest BCUT2D eigenvalue weighted by Gasteiger charge is 2.43.